The summed E-state index contributed by atoms with van der Waals surface area (Å²) in [6, 6.07) is 7.63. The van der Waals surface area contributed by atoms with E-state index in [0.29, 0.717) is 5.75 Å². The lowest BCUT2D eigenvalue weighted by atomic mass is 9.77. The van der Waals surface area contributed by atoms with Crippen LogP contribution in [0.3, 0.4) is 0 Å². The highest BCUT2D eigenvalue weighted by atomic mass is 16.3. The highest BCUT2D eigenvalue weighted by Gasteiger charge is 2.28. The van der Waals surface area contributed by atoms with Crippen LogP contribution in [0, 0.1) is 6.92 Å². The molecule has 0 aliphatic heterocycles. The highest BCUT2D eigenvalue weighted by molar-refractivity contribution is 5.51. The van der Waals surface area contributed by atoms with Gasteiger partial charge in [-0.25, -0.2) is 0 Å². The number of phenols is 3. The molecule has 34 heavy (non-hydrogen) atoms. The zero-order valence-corrected chi connectivity index (χ0v) is 24.1. The molecule has 0 heterocycles. The van der Waals surface area contributed by atoms with E-state index in [4.69, 9.17) is 0 Å². The average molecular weight is 471 g/mol. The van der Waals surface area contributed by atoms with Crippen LogP contribution in [0.1, 0.15) is 124 Å². The summed E-state index contributed by atoms with van der Waals surface area (Å²) in [4.78, 5) is 0. The van der Waals surface area contributed by atoms with E-state index < -0.39 is 0 Å². The van der Waals surface area contributed by atoms with E-state index in [2.05, 4.69) is 102 Å². The maximum atomic E-state index is 10.4. The van der Waals surface area contributed by atoms with Gasteiger partial charge < -0.3 is 15.3 Å². The molecule has 3 heteroatoms. The molecule has 2 aromatic rings. The first-order chi connectivity index (χ1) is 15.2. The van der Waals surface area contributed by atoms with E-state index in [1.54, 1.807) is 12.1 Å². The summed E-state index contributed by atoms with van der Waals surface area (Å²) in [7, 11) is 0. The second kappa shape index (κ2) is 10.2. The molecule has 0 aliphatic rings. The highest BCUT2D eigenvalue weighted by Crippen LogP contribution is 2.42. The van der Waals surface area contributed by atoms with Crippen molar-refractivity contribution in [1.82, 2.24) is 0 Å². The predicted octanol–water partition coefficient (Wildman–Crippen LogP) is 8.77. The molecule has 2 rings (SSSR count). The fraction of sp³-hybridized carbons (Fsp3) is 0.613. The number of benzene rings is 2. The average Bonchev–Trinajstić information content (AvgIpc) is 2.69. The van der Waals surface area contributed by atoms with Gasteiger partial charge in [0.25, 0.3) is 0 Å². The third kappa shape index (κ3) is 6.93. The molecule has 0 radical (unpaired) electrons. The summed E-state index contributed by atoms with van der Waals surface area (Å²) in [5.74, 6) is 1.04. The molecule has 2 aromatic carbocycles. The van der Waals surface area contributed by atoms with Crippen molar-refractivity contribution < 1.29 is 15.3 Å². The van der Waals surface area contributed by atoms with E-state index in [1.165, 1.54) is 5.56 Å². The van der Waals surface area contributed by atoms with Crippen LogP contribution in [0.15, 0.2) is 24.3 Å². The van der Waals surface area contributed by atoms with Gasteiger partial charge >= 0.3 is 0 Å². The molecule has 0 amide bonds. The molecule has 192 valence electrons. The maximum Gasteiger partial charge on any atom is 0.123 e. The Morgan fingerprint density at radius 2 is 0.824 bits per heavy atom. The molecule has 0 atom stereocenters. The number of hydrogen-bond acceptors (Lipinski definition) is 3. The van der Waals surface area contributed by atoms with E-state index in [0.717, 1.165) is 35.1 Å². The molecule has 0 saturated carbocycles. The minimum absolute atomic E-state index is 0.0178. The normalized spacial score (nSPS) is 12.9. The molecular weight excluding hydrogens is 420 g/mol. The summed E-state index contributed by atoms with van der Waals surface area (Å²) in [5, 5.41) is 30.8. The minimum atomic E-state index is -0.129. The maximum absolute atomic E-state index is 10.4. The van der Waals surface area contributed by atoms with Gasteiger partial charge in [-0.2, -0.15) is 0 Å². The standard InChI is InChI=1S/C16H26O2.C15H24O/c1-7-15(3,4)11-9-14(18)12(10-13(11)17)16(5,6)8-2;1-10-8-11(14(2,3)4)13(16)12(9-10)15(5,6)7/h9-10,17-18H,7-8H2,1-6H3;8-9,16H,1-7H3. The van der Waals surface area contributed by atoms with Crippen LogP contribution in [-0.2, 0) is 21.7 Å². The fourth-order valence-corrected chi connectivity index (χ4v) is 3.96. The van der Waals surface area contributed by atoms with E-state index in [-0.39, 0.29) is 33.2 Å². The first-order valence-electron chi connectivity index (χ1n) is 12.6. The van der Waals surface area contributed by atoms with Gasteiger partial charge in [0.1, 0.15) is 17.2 Å². The van der Waals surface area contributed by atoms with Crippen LogP contribution in [-0.4, -0.2) is 15.3 Å². The number of phenolic OH excluding ortho intramolecular Hbond substituents is 3. The molecule has 0 saturated heterocycles. The van der Waals surface area contributed by atoms with E-state index >= 15 is 0 Å². The van der Waals surface area contributed by atoms with Gasteiger partial charge in [-0.1, -0.05) is 101 Å². The van der Waals surface area contributed by atoms with Crippen LogP contribution in [0.4, 0.5) is 0 Å². The molecule has 0 spiro atoms. The lowest BCUT2D eigenvalue weighted by molar-refractivity contribution is 0.400. The fourth-order valence-electron chi connectivity index (χ4n) is 3.96. The van der Waals surface area contributed by atoms with Crippen LogP contribution in [0.25, 0.3) is 0 Å². The Morgan fingerprint density at radius 3 is 1.06 bits per heavy atom. The van der Waals surface area contributed by atoms with Crippen molar-refractivity contribution in [2.75, 3.05) is 0 Å². The SMILES string of the molecule is CCC(C)(C)c1cc(O)c(C(C)(C)CC)cc1O.Cc1cc(C(C)(C)C)c(O)c(C(C)(C)C)c1. The second-order valence-corrected chi connectivity index (χ2v) is 13.1. The lowest BCUT2D eigenvalue weighted by Crippen LogP contribution is -2.19. The quantitative estimate of drug-likeness (QED) is 0.391. The Labute approximate surface area is 209 Å². The molecule has 0 fully saturated rings. The predicted molar refractivity (Wildman–Crippen MR) is 147 cm³/mol. The first kappa shape index (κ1) is 29.9. The van der Waals surface area contributed by atoms with Crippen molar-refractivity contribution >= 4 is 0 Å². The largest absolute Gasteiger partial charge is 0.508 e. The van der Waals surface area contributed by atoms with Gasteiger partial charge in [0.05, 0.1) is 0 Å². The smallest absolute Gasteiger partial charge is 0.123 e. The van der Waals surface area contributed by atoms with Crippen LogP contribution >= 0.6 is 0 Å². The summed E-state index contributed by atoms with van der Waals surface area (Å²) in [6.07, 6.45) is 1.83. The third-order valence-corrected chi connectivity index (χ3v) is 7.21. The van der Waals surface area contributed by atoms with Crippen LogP contribution in [0.5, 0.6) is 17.2 Å². The minimum Gasteiger partial charge on any atom is -0.508 e. The number of aryl methyl sites for hydroxylation is 1. The summed E-state index contributed by atoms with van der Waals surface area (Å²) < 4.78 is 0. The van der Waals surface area contributed by atoms with Gasteiger partial charge in [0.2, 0.25) is 0 Å². The van der Waals surface area contributed by atoms with Crippen LogP contribution < -0.4 is 0 Å². The lowest BCUT2D eigenvalue weighted by Gasteiger charge is -2.29. The summed E-state index contributed by atoms with van der Waals surface area (Å²) in [6.45, 7) is 27.4. The molecular formula is C31H50O3. The first-order valence-corrected chi connectivity index (χ1v) is 12.6. The molecule has 0 aromatic heterocycles. The molecule has 3 N–H and O–H groups in total. The van der Waals surface area contributed by atoms with E-state index in [1.807, 2.05) is 0 Å². The van der Waals surface area contributed by atoms with Gasteiger partial charge in [0.15, 0.2) is 0 Å². The van der Waals surface area contributed by atoms with Crippen molar-refractivity contribution in [1.29, 1.82) is 0 Å². The Kier molecular flexibility index (Phi) is 8.98. The zero-order chi connectivity index (χ0) is 26.9. The molecule has 0 bridgehead atoms. The van der Waals surface area contributed by atoms with Gasteiger partial charge in [-0.15, -0.1) is 0 Å². The van der Waals surface area contributed by atoms with Crippen molar-refractivity contribution in [3.63, 3.8) is 0 Å². The molecule has 0 aliphatic carbocycles. The summed E-state index contributed by atoms with van der Waals surface area (Å²) in [5.41, 5.74) is 4.64. The molecule has 0 unspecified atom stereocenters. The number of hydrogen-bond donors (Lipinski definition) is 3. The number of aromatic hydroxyl groups is 3. The monoisotopic (exact) mass is 470 g/mol. The second-order valence-electron chi connectivity index (χ2n) is 13.1. The Balaban J connectivity index is 0.000000342. The Morgan fingerprint density at radius 1 is 0.529 bits per heavy atom. The number of rotatable bonds is 4. The van der Waals surface area contributed by atoms with Crippen molar-refractivity contribution in [2.24, 2.45) is 0 Å². The van der Waals surface area contributed by atoms with Gasteiger partial charge in [-0.05, 0) is 64.7 Å². The van der Waals surface area contributed by atoms with Crippen molar-refractivity contribution in [3.8, 4) is 17.2 Å². The molecule has 3 nitrogen and oxygen atoms in total. The van der Waals surface area contributed by atoms with Crippen LogP contribution in [0.2, 0.25) is 0 Å². The van der Waals surface area contributed by atoms with Gasteiger partial charge in [0, 0.05) is 11.1 Å². The third-order valence-electron chi connectivity index (χ3n) is 7.21. The summed E-state index contributed by atoms with van der Waals surface area (Å²) >= 11 is 0. The Hall–Kier alpha value is -2.16. The van der Waals surface area contributed by atoms with Crippen molar-refractivity contribution in [3.05, 3.63) is 52.1 Å². The van der Waals surface area contributed by atoms with Crippen molar-refractivity contribution in [2.45, 2.75) is 125 Å². The Bertz CT molecular complexity index is 906. The van der Waals surface area contributed by atoms with Gasteiger partial charge in [-0.3, -0.25) is 0 Å². The topological polar surface area (TPSA) is 60.7 Å². The van der Waals surface area contributed by atoms with E-state index in [9.17, 15) is 15.3 Å². The zero-order valence-electron chi connectivity index (χ0n) is 24.1.